The predicted octanol–water partition coefficient (Wildman–Crippen LogP) is 11.6. The largest absolute Gasteiger partial charge is 0.464 e. The molecule has 2 aromatic heterocycles. The molecule has 2 nitrogen and oxygen atoms in total. The Kier molecular flexibility index (Phi) is 3.54. The number of hydrogen-bond acceptors (Lipinski definition) is 2. The van der Waals surface area contributed by atoms with Crippen LogP contribution in [0.2, 0.25) is 0 Å². The number of rotatable bonds is 3. The van der Waals surface area contributed by atoms with Crippen molar-refractivity contribution in [3.8, 4) is 33.4 Å². The highest BCUT2D eigenvalue weighted by Crippen LogP contribution is 2.44. The van der Waals surface area contributed by atoms with Crippen LogP contribution >= 0.6 is 0 Å². The van der Waals surface area contributed by atoms with E-state index in [2.05, 4.69) is 0 Å². The highest BCUT2D eigenvalue weighted by molar-refractivity contribution is 6.22. The summed E-state index contributed by atoms with van der Waals surface area (Å²) in [4.78, 5) is 0. The maximum absolute atomic E-state index is 9.14. The van der Waals surface area contributed by atoms with Crippen molar-refractivity contribution in [3.63, 3.8) is 0 Å². The van der Waals surface area contributed by atoms with Crippen LogP contribution in [0.5, 0.6) is 0 Å². The highest BCUT2D eigenvalue weighted by atomic mass is 16.3. The van der Waals surface area contributed by atoms with Gasteiger partial charge in [0.1, 0.15) is 16.7 Å². The van der Waals surface area contributed by atoms with Gasteiger partial charge in [-0.1, -0.05) is 115 Å². The van der Waals surface area contributed by atoms with Crippen LogP contribution in [-0.4, -0.2) is 0 Å². The second kappa shape index (κ2) is 8.95. The molecule has 0 saturated carbocycles. The summed E-state index contributed by atoms with van der Waals surface area (Å²) >= 11 is 0. The summed E-state index contributed by atoms with van der Waals surface area (Å²) in [7, 11) is 0. The molecule has 0 spiro atoms. The minimum absolute atomic E-state index is 0.187. The van der Waals surface area contributed by atoms with E-state index in [-0.39, 0.29) is 45.7 Å². The van der Waals surface area contributed by atoms with Crippen LogP contribution in [0.25, 0.3) is 87.8 Å². The van der Waals surface area contributed by atoms with Gasteiger partial charge in [-0.2, -0.15) is 0 Å². The molecule has 196 valence electrons. The molecular weight excluding hydrogens is 512 g/mol. The maximum atomic E-state index is 9.14. The van der Waals surface area contributed by atoms with E-state index in [9.17, 15) is 0 Å². The summed E-state index contributed by atoms with van der Waals surface area (Å²) in [6, 6.07) is 25.3. The van der Waals surface area contributed by atoms with E-state index < -0.39 is 24.2 Å². The minimum Gasteiger partial charge on any atom is -0.464 e. The zero-order valence-electron chi connectivity index (χ0n) is 30.1. The standard InChI is InChI=1S/C40H24O2/c1-2-9-26(10-3-1)37-29-11-4-6-13-31(29)38(32-14-7-5-12-30(32)37)27-19-17-25(18-20-27)28-15-8-16-36-39(28)34-21-22-35-33(23-24-41-35)40(34)42-36/h1-24H/i4D,5D,6D,7D,11D,12D,13D,14D. The average Bonchev–Trinajstić information content (AvgIpc) is 3.79. The first-order valence-corrected chi connectivity index (χ1v) is 13.6. The molecule has 0 N–H and O–H groups in total. The summed E-state index contributed by atoms with van der Waals surface area (Å²) < 4.78 is 82.8. The fourth-order valence-corrected chi connectivity index (χ4v) is 6.19. The lowest BCUT2D eigenvalue weighted by Gasteiger charge is -2.18. The molecule has 0 aliphatic carbocycles. The van der Waals surface area contributed by atoms with E-state index in [0.29, 0.717) is 22.3 Å². The van der Waals surface area contributed by atoms with Crippen molar-refractivity contribution in [2.24, 2.45) is 0 Å². The fourth-order valence-electron chi connectivity index (χ4n) is 6.19. The molecule has 2 heteroatoms. The zero-order chi connectivity index (χ0) is 34.6. The van der Waals surface area contributed by atoms with Crippen LogP contribution < -0.4 is 0 Å². The topological polar surface area (TPSA) is 26.3 Å². The molecular formula is C40H24O2. The highest BCUT2D eigenvalue weighted by Gasteiger charge is 2.18. The Labute approximate surface area is 253 Å². The molecule has 42 heavy (non-hydrogen) atoms. The third kappa shape index (κ3) is 3.33. The SMILES string of the molecule is [2H]c1c([2H])c([2H])c2c(-c3ccc(-c4cccc5oc6c7ccoc7ccc6c45)cc3)c3c([2H])c([2H])c([2H])c([2H])c3c(-c3ccccc3)c2c1[2H]. The van der Waals surface area contributed by atoms with Crippen LogP contribution in [0.3, 0.4) is 0 Å². The maximum Gasteiger partial charge on any atom is 0.146 e. The lowest BCUT2D eigenvalue weighted by molar-refractivity contribution is 0.615. The third-order valence-electron chi connectivity index (χ3n) is 8.02. The van der Waals surface area contributed by atoms with Crippen LogP contribution in [0, 0.1) is 0 Å². The van der Waals surface area contributed by atoms with Gasteiger partial charge in [-0.3, -0.25) is 0 Å². The second-order valence-electron chi connectivity index (χ2n) is 10.2. The smallest absolute Gasteiger partial charge is 0.146 e. The van der Waals surface area contributed by atoms with Crippen molar-refractivity contribution < 1.29 is 19.8 Å². The summed E-state index contributed by atoms with van der Waals surface area (Å²) in [5, 5.41) is 3.52. The molecule has 0 radical (unpaired) electrons. The first-order valence-electron chi connectivity index (χ1n) is 17.6. The van der Waals surface area contributed by atoms with Gasteiger partial charge >= 0.3 is 0 Å². The molecule has 9 rings (SSSR count). The molecule has 0 amide bonds. The van der Waals surface area contributed by atoms with Gasteiger partial charge in [0.05, 0.1) is 22.6 Å². The lowest BCUT2D eigenvalue weighted by atomic mass is 9.85. The fraction of sp³-hybridized carbons (Fsp3) is 0. The number of fused-ring (bicyclic) bond motifs is 7. The minimum atomic E-state index is -0.426. The van der Waals surface area contributed by atoms with Crippen molar-refractivity contribution >= 4 is 54.5 Å². The van der Waals surface area contributed by atoms with Gasteiger partial charge < -0.3 is 8.83 Å². The van der Waals surface area contributed by atoms with Crippen molar-refractivity contribution in [2.45, 2.75) is 0 Å². The summed E-state index contributed by atoms with van der Waals surface area (Å²) in [6.07, 6.45) is 1.64. The van der Waals surface area contributed by atoms with Gasteiger partial charge in [0, 0.05) is 10.8 Å². The third-order valence-corrected chi connectivity index (χ3v) is 8.02. The van der Waals surface area contributed by atoms with Crippen LogP contribution in [-0.2, 0) is 0 Å². The van der Waals surface area contributed by atoms with Gasteiger partial charge in [-0.15, -0.1) is 0 Å². The quantitative estimate of drug-likeness (QED) is 0.207. The molecule has 0 unspecified atom stereocenters. The Morgan fingerprint density at radius 2 is 1.07 bits per heavy atom. The van der Waals surface area contributed by atoms with Crippen molar-refractivity contribution in [2.75, 3.05) is 0 Å². The van der Waals surface area contributed by atoms with Gasteiger partial charge in [0.15, 0.2) is 0 Å². The first-order chi connectivity index (χ1) is 24.2. The number of hydrogen-bond donors (Lipinski definition) is 0. The normalized spacial score (nSPS) is 14.5. The van der Waals surface area contributed by atoms with Crippen molar-refractivity contribution in [1.82, 2.24) is 0 Å². The van der Waals surface area contributed by atoms with Gasteiger partial charge in [-0.25, -0.2) is 0 Å². The molecule has 0 bridgehead atoms. The molecule has 0 aliphatic heterocycles. The molecule has 0 aliphatic rings. The van der Waals surface area contributed by atoms with Gasteiger partial charge in [-0.05, 0) is 79.2 Å². The van der Waals surface area contributed by atoms with Crippen LogP contribution in [0.1, 0.15) is 11.0 Å². The second-order valence-corrected chi connectivity index (χ2v) is 10.2. The van der Waals surface area contributed by atoms with Gasteiger partial charge in [0.25, 0.3) is 0 Å². The Hall–Kier alpha value is -5.60. The molecule has 0 fully saturated rings. The van der Waals surface area contributed by atoms with Crippen molar-refractivity contribution in [3.05, 3.63) is 146 Å². The monoisotopic (exact) mass is 544 g/mol. The molecule has 0 atom stereocenters. The first kappa shape index (κ1) is 16.6. The van der Waals surface area contributed by atoms with Crippen LogP contribution in [0.15, 0.2) is 154 Å². The zero-order valence-corrected chi connectivity index (χ0v) is 22.1. The lowest BCUT2D eigenvalue weighted by Crippen LogP contribution is -1.90. The van der Waals surface area contributed by atoms with E-state index in [1.807, 2.05) is 66.7 Å². The van der Waals surface area contributed by atoms with Crippen molar-refractivity contribution in [1.29, 1.82) is 0 Å². The Bertz CT molecular complexity index is 2810. The van der Waals surface area contributed by atoms with Crippen LogP contribution in [0.4, 0.5) is 0 Å². The summed E-state index contributed by atoms with van der Waals surface area (Å²) in [6.45, 7) is 0. The Morgan fingerprint density at radius 1 is 0.452 bits per heavy atom. The number of furan rings is 2. The Morgan fingerprint density at radius 3 is 1.74 bits per heavy atom. The van der Waals surface area contributed by atoms with E-state index >= 15 is 0 Å². The number of benzene rings is 7. The van der Waals surface area contributed by atoms with E-state index in [1.54, 1.807) is 30.5 Å². The summed E-state index contributed by atoms with van der Waals surface area (Å²) in [5.41, 5.74) is 5.74. The predicted molar refractivity (Wildman–Crippen MR) is 175 cm³/mol. The van der Waals surface area contributed by atoms with E-state index in [0.717, 1.165) is 44.0 Å². The van der Waals surface area contributed by atoms with E-state index in [1.165, 1.54) is 0 Å². The Balaban J connectivity index is 1.38. The summed E-state index contributed by atoms with van der Waals surface area (Å²) in [5.74, 6) is 0. The van der Waals surface area contributed by atoms with Gasteiger partial charge in [0.2, 0.25) is 0 Å². The molecule has 2 heterocycles. The molecule has 0 saturated heterocycles. The average molecular weight is 545 g/mol. The molecule has 9 aromatic rings. The molecule has 7 aromatic carbocycles. The van der Waals surface area contributed by atoms with E-state index in [4.69, 9.17) is 19.8 Å².